The normalized spacial score (nSPS) is 26.8. The first-order valence-corrected chi connectivity index (χ1v) is 9.38. The van der Waals surface area contributed by atoms with Crippen LogP contribution in [0.25, 0.3) is 0 Å². The molecule has 3 aliphatic rings. The van der Waals surface area contributed by atoms with E-state index in [4.69, 9.17) is 0 Å². The van der Waals surface area contributed by atoms with E-state index in [-0.39, 0.29) is 0 Å². The Hall–Kier alpha value is -1.69. The summed E-state index contributed by atoms with van der Waals surface area (Å²) >= 11 is 1.78. The van der Waals surface area contributed by atoms with Gasteiger partial charge in [-0.1, -0.05) is 0 Å². The fourth-order valence-corrected chi connectivity index (χ4v) is 4.78. The van der Waals surface area contributed by atoms with Gasteiger partial charge >= 0.3 is 0 Å². The van der Waals surface area contributed by atoms with Crippen LogP contribution < -0.4 is 9.80 Å². The van der Waals surface area contributed by atoms with E-state index in [1.54, 1.807) is 17.7 Å². The van der Waals surface area contributed by atoms with E-state index in [0.717, 1.165) is 49.5 Å². The van der Waals surface area contributed by atoms with Crippen LogP contribution in [-0.4, -0.2) is 41.1 Å². The van der Waals surface area contributed by atoms with Crippen LogP contribution in [0.4, 0.5) is 10.9 Å². The maximum Gasteiger partial charge on any atom is 0.185 e. The largest absolute Gasteiger partial charge is 0.356 e. The van der Waals surface area contributed by atoms with Gasteiger partial charge in [0, 0.05) is 61.1 Å². The SMILES string of the molecule is Cc1csc(N2CC3CN(c4cc(C5CC5)ncn4)CC3C2)n1. The Morgan fingerprint density at radius 1 is 1.04 bits per heavy atom. The Kier molecular flexibility index (Phi) is 3.08. The number of aryl methyl sites for hydroxylation is 1. The molecule has 5 nitrogen and oxygen atoms in total. The Morgan fingerprint density at radius 3 is 2.43 bits per heavy atom. The van der Waals surface area contributed by atoms with Gasteiger partial charge in [0.1, 0.15) is 12.1 Å². The van der Waals surface area contributed by atoms with E-state index in [2.05, 4.69) is 43.1 Å². The monoisotopic (exact) mass is 327 g/mol. The van der Waals surface area contributed by atoms with Crippen molar-refractivity contribution in [3.05, 3.63) is 29.2 Å². The molecule has 120 valence electrons. The van der Waals surface area contributed by atoms with E-state index in [1.165, 1.54) is 23.7 Å². The van der Waals surface area contributed by atoms with Crippen LogP contribution in [0.3, 0.4) is 0 Å². The minimum atomic E-state index is 0.697. The van der Waals surface area contributed by atoms with E-state index >= 15 is 0 Å². The molecule has 5 rings (SSSR count). The molecule has 0 radical (unpaired) electrons. The molecule has 0 N–H and O–H groups in total. The van der Waals surface area contributed by atoms with Crippen molar-refractivity contribution < 1.29 is 0 Å². The molecule has 2 saturated heterocycles. The molecule has 0 spiro atoms. The van der Waals surface area contributed by atoms with Gasteiger partial charge in [-0.2, -0.15) is 0 Å². The van der Waals surface area contributed by atoms with Gasteiger partial charge in [0.05, 0.1) is 5.69 Å². The molecule has 23 heavy (non-hydrogen) atoms. The van der Waals surface area contributed by atoms with Crippen molar-refractivity contribution in [2.45, 2.75) is 25.7 Å². The molecule has 2 aromatic heterocycles. The Bertz CT molecular complexity index is 711. The standard InChI is InChI=1S/C17H21N5S/c1-11-9-23-17(20-11)22-7-13-5-21(6-14(13)8-22)16-4-15(12-2-3-12)18-10-19-16/h4,9-10,12-14H,2-3,5-8H2,1H3. The van der Waals surface area contributed by atoms with Gasteiger partial charge < -0.3 is 9.80 Å². The van der Waals surface area contributed by atoms with Crippen LogP contribution in [0.1, 0.15) is 30.1 Å². The Labute approximate surface area is 140 Å². The molecular formula is C17H21N5S. The van der Waals surface area contributed by atoms with Crippen molar-refractivity contribution in [2.24, 2.45) is 11.8 Å². The van der Waals surface area contributed by atoms with Gasteiger partial charge in [0.2, 0.25) is 0 Å². The average molecular weight is 327 g/mol. The minimum Gasteiger partial charge on any atom is -0.356 e. The van der Waals surface area contributed by atoms with Gasteiger partial charge in [-0.25, -0.2) is 15.0 Å². The van der Waals surface area contributed by atoms with Crippen molar-refractivity contribution in [3.8, 4) is 0 Å². The van der Waals surface area contributed by atoms with Crippen LogP contribution in [0, 0.1) is 18.8 Å². The molecule has 2 aromatic rings. The zero-order valence-electron chi connectivity index (χ0n) is 13.4. The Morgan fingerprint density at radius 2 is 1.78 bits per heavy atom. The molecule has 0 amide bonds. The lowest BCUT2D eigenvalue weighted by Crippen LogP contribution is -2.29. The number of nitrogens with zero attached hydrogens (tertiary/aromatic N) is 5. The topological polar surface area (TPSA) is 45.2 Å². The molecule has 1 saturated carbocycles. The first kappa shape index (κ1) is 13.7. The number of hydrogen-bond acceptors (Lipinski definition) is 6. The van der Waals surface area contributed by atoms with Gasteiger partial charge in [0.25, 0.3) is 0 Å². The van der Waals surface area contributed by atoms with E-state index in [0.29, 0.717) is 5.92 Å². The maximum atomic E-state index is 4.65. The second kappa shape index (κ2) is 5.16. The zero-order valence-corrected chi connectivity index (χ0v) is 14.2. The molecule has 2 atom stereocenters. The third kappa shape index (κ3) is 2.49. The number of hydrogen-bond donors (Lipinski definition) is 0. The van der Waals surface area contributed by atoms with Crippen molar-refractivity contribution in [3.63, 3.8) is 0 Å². The summed E-state index contributed by atoms with van der Waals surface area (Å²) in [7, 11) is 0. The van der Waals surface area contributed by atoms with Crippen molar-refractivity contribution in [1.29, 1.82) is 0 Å². The fourth-order valence-electron chi connectivity index (χ4n) is 3.96. The summed E-state index contributed by atoms with van der Waals surface area (Å²) in [6.45, 7) is 6.58. The number of anilines is 2. The molecule has 3 fully saturated rings. The van der Waals surface area contributed by atoms with E-state index in [1.807, 2.05) is 0 Å². The summed E-state index contributed by atoms with van der Waals surface area (Å²) in [5, 5.41) is 3.34. The van der Waals surface area contributed by atoms with E-state index in [9.17, 15) is 0 Å². The van der Waals surface area contributed by atoms with Crippen LogP contribution in [0.15, 0.2) is 17.8 Å². The molecular weight excluding hydrogens is 306 g/mol. The molecule has 0 aromatic carbocycles. The summed E-state index contributed by atoms with van der Waals surface area (Å²) in [4.78, 5) is 18.6. The molecule has 1 aliphatic carbocycles. The summed E-state index contributed by atoms with van der Waals surface area (Å²) in [5.74, 6) is 3.30. The summed E-state index contributed by atoms with van der Waals surface area (Å²) < 4.78 is 0. The lowest BCUT2D eigenvalue weighted by Gasteiger charge is -2.22. The number of rotatable bonds is 3. The second-order valence-electron chi connectivity index (χ2n) is 7.18. The van der Waals surface area contributed by atoms with Crippen molar-refractivity contribution >= 4 is 22.3 Å². The molecule has 0 bridgehead atoms. The number of fused-ring (bicyclic) bond motifs is 1. The lowest BCUT2D eigenvalue weighted by atomic mass is 10.0. The summed E-state index contributed by atoms with van der Waals surface area (Å²) in [6, 6.07) is 2.22. The highest BCUT2D eigenvalue weighted by atomic mass is 32.1. The van der Waals surface area contributed by atoms with Crippen LogP contribution in [0.5, 0.6) is 0 Å². The van der Waals surface area contributed by atoms with Crippen LogP contribution in [0.2, 0.25) is 0 Å². The van der Waals surface area contributed by atoms with Crippen molar-refractivity contribution in [1.82, 2.24) is 15.0 Å². The highest BCUT2D eigenvalue weighted by molar-refractivity contribution is 7.13. The van der Waals surface area contributed by atoms with Gasteiger partial charge in [-0.3, -0.25) is 0 Å². The number of thiazole rings is 1. The highest BCUT2D eigenvalue weighted by Gasteiger charge is 2.41. The summed E-state index contributed by atoms with van der Waals surface area (Å²) in [5.41, 5.74) is 2.38. The number of aromatic nitrogens is 3. The fraction of sp³-hybridized carbons (Fsp3) is 0.588. The van der Waals surface area contributed by atoms with Crippen LogP contribution in [-0.2, 0) is 0 Å². The van der Waals surface area contributed by atoms with E-state index < -0.39 is 0 Å². The van der Waals surface area contributed by atoms with Gasteiger partial charge in [-0.05, 0) is 19.8 Å². The first-order valence-electron chi connectivity index (χ1n) is 8.50. The predicted molar refractivity (Wildman–Crippen MR) is 92.3 cm³/mol. The molecule has 6 heteroatoms. The predicted octanol–water partition coefficient (Wildman–Crippen LogP) is 2.69. The third-order valence-corrected chi connectivity index (χ3v) is 6.38. The molecule has 2 aliphatic heterocycles. The average Bonchev–Trinajstić information content (AvgIpc) is 3.00. The van der Waals surface area contributed by atoms with Crippen molar-refractivity contribution in [2.75, 3.05) is 36.0 Å². The highest BCUT2D eigenvalue weighted by Crippen LogP contribution is 2.41. The smallest absolute Gasteiger partial charge is 0.185 e. The minimum absolute atomic E-state index is 0.697. The quantitative estimate of drug-likeness (QED) is 0.867. The third-order valence-electron chi connectivity index (χ3n) is 5.36. The van der Waals surface area contributed by atoms with Gasteiger partial charge in [0.15, 0.2) is 5.13 Å². The van der Waals surface area contributed by atoms with Crippen LogP contribution >= 0.6 is 11.3 Å². The summed E-state index contributed by atoms with van der Waals surface area (Å²) in [6.07, 6.45) is 4.34. The first-order chi connectivity index (χ1) is 11.3. The second-order valence-corrected chi connectivity index (χ2v) is 8.01. The maximum absolute atomic E-state index is 4.65. The molecule has 4 heterocycles. The van der Waals surface area contributed by atoms with Gasteiger partial charge in [-0.15, -0.1) is 11.3 Å². The zero-order chi connectivity index (χ0) is 15.4. The lowest BCUT2D eigenvalue weighted by molar-refractivity contribution is 0.533. The Balaban J connectivity index is 1.29. The molecule has 2 unspecified atom stereocenters.